The molecule has 2 aliphatic rings. The van der Waals surface area contributed by atoms with Gasteiger partial charge in [-0.3, -0.25) is 0 Å². The number of rotatable bonds is 2. The Morgan fingerprint density at radius 2 is 2.00 bits per heavy atom. The Bertz CT molecular complexity index is 502. The Morgan fingerprint density at radius 1 is 1.17 bits per heavy atom. The summed E-state index contributed by atoms with van der Waals surface area (Å²) in [6, 6.07) is 10.7. The third-order valence-corrected chi connectivity index (χ3v) is 3.55. The monoisotopic (exact) mass is 239 g/mol. The molecule has 3 nitrogen and oxygen atoms in total. The maximum absolute atomic E-state index is 5.86. The van der Waals surface area contributed by atoms with Gasteiger partial charge in [0.25, 0.3) is 0 Å². The topological polar surface area (TPSA) is 50.4 Å². The molecular weight excluding hydrogens is 222 g/mol. The van der Waals surface area contributed by atoms with Gasteiger partial charge in [0, 0.05) is 5.92 Å². The van der Waals surface area contributed by atoms with E-state index in [1.807, 2.05) is 18.2 Å². The van der Waals surface area contributed by atoms with Crippen LogP contribution < -0.4 is 11.1 Å². The number of nitrogens with one attached hydrogen (secondary N) is 1. The van der Waals surface area contributed by atoms with Gasteiger partial charge in [-0.05, 0) is 12.0 Å². The first-order chi connectivity index (χ1) is 8.84. The summed E-state index contributed by atoms with van der Waals surface area (Å²) in [6.07, 6.45) is 9.67. The maximum Gasteiger partial charge on any atom is 0.189 e. The second-order valence-electron chi connectivity index (χ2n) is 4.75. The van der Waals surface area contributed by atoms with Gasteiger partial charge in [0.15, 0.2) is 5.96 Å². The molecule has 0 radical (unpaired) electrons. The summed E-state index contributed by atoms with van der Waals surface area (Å²) in [6.45, 7) is 0. The number of guanidine groups is 1. The third kappa shape index (κ3) is 2.04. The molecule has 92 valence electrons. The quantitative estimate of drug-likeness (QED) is 0.830. The first-order valence-corrected chi connectivity index (χ1v) is 6.33. The summed E-state index contributed by atoms with van der Waals surface area (Å²) in [7, 11) is 0. The summed E-state index contributed by atoms with van der Waals surface area (Å²) in [5.74, 6) is 1.00. The summed E-state index contributed by atoms with van der Waals surface area (Å²) < 4.78 is 0. The number of nitrogens with zero attached hydrogens (tertiary/aromatic N) is 1. The van der Waals surface area contributed by atoms with Crippen molar-refractivity contribution >= 4 is 5.96 Å². The van der Waals surface area contributed by atoms with E-state index in [0.29, 0.717) is 11.9 Å². The second kappa shape index (κ2) is 4.69. The van der Waals surface area contributed by atoms with Crippen LogP contribution in [0.3, 0.4) is 0 Å². The molecule has 3 rings (SSSR count). The van der Waals surface area contributed by atoms with Gasteiger partial charge >= 0.3 is 0 Å². The van der Waals surface area contributed by atoms with E-state index in [0.717, 1.165) is 6.42 Å². The van der Waals surface area contributed by atoms with Crippen LogP contribution in [0.4, 0.5) is 0 Å². The number of hydrogen-bond donors (Lipinski definition) is 2. The fourth-order valence-electron chi connectivity index (χ4n) is 2.66. The summed E-state index contributed by atoms with van der Waals surface area (Å²) >= 11 is 0. The lowest BCUT2D eigenvalue weighted by Gasteiger charge is -2.26. The van der Waals surface area contributed by atoms with Crippen LogP contribution in [0.15, 0.2) is 59.6 Å². The van der Waals surface area contributed by atoms with Gasteiger partial charge in [0.1, 0.15) is 0 Å². The molecule has 1 aromatic carbocycles. The van der Waals surface area contributed by atoms with Crippen LogP contribution in [0.1, 0.15) is 18.0 Å². The zero-order valence-electron chi connectivity index (χ0n) is 10.2. The van der Waals surface area contributed by atoms with E-state index in [1.165, 1.54) is 5.56 Å². The summed E-state index contributed by atoms with van der Waals surface area (Å²) in [5, 5.41) is 3.31. The minimum Gasteiger partial charge on any atom is -0.370 e. The largest absolute Gasteiger partial charge is 0.370 e. The molecule has 3 heteroatoms. The van der Waals surface area contributed by atoms with E-state index in [2.05, 4.69) is 46.7 Å². The fourth-order valence-corrected chi connectivity index (χ4v) is 2.66. The maximum atomic E-state index is 5.86. The Morgan fingerprint density at radius 3 is 2.72 bits per heavy atom. The molecule has 1 unspecified atom stereocenters. The van der Waals surface area contributed by atoms with Gasteiger partial charge in [-0.2, -0.15) is 0 Å². The zero-order chi connectivity index (χ0) is 12.4. The lowest BCUT2D eigenvalue weighted by molar-refractivity contribution is 0.424. The Kier molecular flexibility index (Phi) is 2.89. The van der Waals surface area contributed by atoms with Crippen molar-refractivity contribution in [1.29, 1.82) is 0 Å². The third-order valence-electron chi connectivity index (χ3n) is 3.55. The van der Waals surface area contributed by atoms with Crippen LogP contribution >= 0.6 is 0 Å². The molecule has 0 saturated carbocycles. The number of hydrogen-bond acceptors (Lipinski definition) is 3. The van der Waals surface area contributed by atoms with Crippen molar-refractivity contribution < 1.29 is 0 Å². The standard InChI is InChI=1S/C15H17N3/c16-15-17-13(11-7-3-1-4-8-11)14(18-15)12-9-5-2-6-10-12/h1-9,12-14H,10H2,(H3,16,17,18)/t12?,13-,14+/m1/s1. The molecular formula is C15H17N3. The summed E-state index contributed by atoms with van der Waals surface area (Å²) in [4.78, 5) is 4.54. The first kappa shape index (κ1) is 11.1. The molecule has 0 saturated heterocycles. The Labute approximate surface area is 107 Å². The van der Waals surface area contributed by atoms with Gasteiger partial charge in [0.2, 0.25) is 0 Å². The second-order valence-corrected chi connectivity index (χ2v) is 4.75. The predicted octanol–water partition coefficient (Wildman–Crippen LogP) is 2.15. The normalized spacial score (nSPS) is 30.0. The highest BCUT2D eigenvalue weighted by Gasteiger charge is 2.33. The van der Waals surface area contributed by atoms with Crippen LogP contribution in [0.5, 0.6) is 0 Å². The molecule has 0 amide bonds. The van der Waals surface area contributed by atoms with Crippen molar-refractivity contribution in [2.24, 2.45) is 16.6 Å². The Hall–Kier alpha value is -2.03. The number of allylic oxidation sites excluding steroid dienone is 3. The van der Waals surface area contributed by atoms with E-state index in [4.69, 9.17) is 5.73 Å². The van der Waals surface area contributed by atoms with E-state index in [9.17, 15) is 0 Å². The SMILES string of the molecule is NC1=N[C@H](c2ccccc2)[C@H](C2C=CC=CC2)N1. The molecule has 3 N–H and O–H groups in total. The predicted molar refractivity (Wildman–Crippen MR) is 74.1 cm³/mol. The van der Waals surface area contributed by atoms with E-state index in [1.54, 1.807) is 0 Å². The molecule has 1 heterocycles. The first-order valence-electron chi connectivity index (χ1n) is 6.33. The van der Waals surface area contributed by atoms with Gasteiger partial charge in [-0.1, -0.05) is 54.6 Å². The van der Waals surface area contributed by atoms with Crippen molar-refractivity contribution in [2.75, 3.05) is 0 Å². The zero-order valence-corrected chi connectivity index (χ0v) is 10.2. The fraction of sp³-hybridized carbons (Fsp3) is 0.267. The van der Waals surface area contributed by atoms with E-state index < -0.39 is 0 Å². The number of aliphatic imine (C=N–C) groups is 1. The van der Waals surface area contributed by atoms with Crippen molar-refractivity contribution in [3.8, 4) is 0 Å². The van der Waals surface area contributed by atoms with E-state index >= 15 is 0 Å². The average molecular weight is 239 g/mol. The molecule has 1 aliphatic carbocycles. The molecule has 0 fully saturated rings. The highest BCUT2D eigenvalue weighted by atomic mass is 15.2. The van der Waals surface area contributed by atoms with Gasteiger partial charge in [-0.15, -0.1) is 0 Å². The molecule has 1 aromatic rings. The molecule has 0 spiro atoms. The average Bonchev–Trinajstić information content (AvgIpc) is 2.83. The molecule has 18 heavy (non-hydrogen) atoms. The van der Waals surface area contributed by atoms with Crippen LogP contribution in [-0.4, -0.2) is 12.0 Å². The van der Waals surface area contributed by atoms with Crippen molar-refractivity contribution in [2.45, 2.75) is 18.5 Å². The van der Waals surface area contributed by atoms with E-state index in [-0.39, 0.29) is 12.1 Å². The Balaban J connectivity index is 1.87. The molecule has 0 aromatic heterocycles. The number of benzene rings is 1. The van der Waals surface area contributed by atoms with Gasteiger partial charge in [0.05, 0.1) is 12.1 Å². The van der Waals surface area contributed by atoms with Crippen molar-refractivity contribution in [3.63, 3.8) is 0 Å². The van der Waals surface area contributed by atoms with Crippen LogP contribution in [0.2, 0.25) is 0 Å². The molecule has 3 atom stereocenters. The van der Waals surface area contributed by atoms with Crippen molar-refractivity contribution in [3.05, 3.63) is 60.2 Å². The smallest absolute Gasteiger partial charge is 0.189 e. The number of nitrogens with two attached hydrogens (primary N) is 1. The van der Waals surface area contributed by atoms with Crippen LogP contribution in [0.25, 0.3) is 0 Å². The highest BCUT2D eigenvalue weighted by molar-refractivity contribution is 5.80. The van der Waals surface area contributed by atoms with Gasteiger partial charge in [-0.25, -0.2) is 4.99 Å². The molecule has 0 bridgehead atoms. The minimum atomic E-state index is 0.118. The summed E-state index contributed by atoms with van der Waals surface area (Å²) in [5.41, 5.74) is 7.08. The minimum absolute atomic E-state index is 0.118. The van der Waals surface area contributed by atoms with Gasteiger partial charge < -0.3 is 11.1 Å². The van der Waals surface area contributed by atoms with Crippen molar-refractivity contribution in [1.82, 2.24) is 5.32 Å². The lowest BCUT2D eigenvalue weighted by atomic mass is 9.86. The highest BCUT2D eigenvalue weighted by Crippen LogP contribution is 2.32. The lowest BCUT2D eigenvalue weighted by Crippen LogP contribution is -2.40. The van der Waals surface area contributed by atoms with Crippen LogP contribution in [0, 0.1) is 5.92 Å². The van der Waals surface area contributed by atoms with Crippen LogP contribution in [-0.2, 0) is 0 Å². The molecule has 1 aliphatic heterocycles.